The van der Waals surface area contributed by atoms with Crippen molar-refractivity contribution in [2.24, 2.45) is 0 Å². The van der Waals surface area contributed by atoms with Gasteiger partial charge in [-0.05, 0) is 57.4 Å². The van der Waals surface area contributed by atoms with Crippen LogP contribution < -0.4 is 5.32 Å². The summed E-state index contributed by atoms with van der Waals surface area (Å²) >= 11 is 0. The van der Waals surface area contributed by atoms with Crippen LogP contribution in [0.5, 0.6) is 0 Å². The van der Waals surface area contributed by atoms with E-state index >= 15 is 0 Å². The Morgan fingerprint density at radius 1 is 1.34 bits per heavy atom. The van der Waals surface area contributed by atoms with Crippen LogP contribution in [0.3, 0.4) is 0 Å². The number of carbonyl (C=O) groups is 2. The molecule has 0 spiro atoms. The summed E-state index contributed by atoms with van der Waals surface area (Å²) in [6, 6.07) is 8.79. The molecule has 8 nitrogen and oxygen atoms in total. The van der Waals surface area contributed by atoms with Crippen LogP contribution in [0.1, 0.15) is 43.6 Å². The molecule has 1 fully saturated rings. The highest BCUT2D eigenvalue weighted by molar-refractivity contribution is 5.94. The lowest BCUT2D eigenvalue weighted by Crippen LogP contribution is -2.32. The minimum absolute atomic E-state index is 0.0655. The smallest absolute Gasteiger partial charge is 0.358 e. The first-order chi connectivity index (χ1) is 14.1. The van der Waals surface area contributed by atoms with Crippen molar-refractivity contribution in [2.45, 2.75) is 45.3 Å². The van der Waals surface area contributed by atoms with Gasteiger partial charge < -0.3 is 19.5 Å². The molecule has 156 valence electrons. The minimum atomic E-state index is -0.593. The molecule has 3 rings (SSSR count). The number of rotatable bonds is 8. The molecule has 2 heterocycles. The van der Waals surface area contributed by atoms with Gasteiger partial charge in [-0.2, -0.15) is 5.10 Å². The number of carbonyl (C=O) groups excluding carboxylic acids is 2. The van der Waals surface area contributed by atoms with E-state index in [1.54, 1.807) is 49.0 Å². The Hall–Kier alpha value is -2.71. The molecule has 2 atom stereocenters. The van der Waals surface area contributed by atoms with Gasteiger partial charge in [0.05, 0.1) is 25.0 Å². The van der Waals surface area contributed by atoms with E-state index in [2.05, 4.69) is 10.4 Å². The summed E-state index contributed by atoms with van der Waals surface area (Å²) in [5, 5.41) is 7.08. The van der Waals surface area contributed by atoms with Gasteiger partial charge in [-0.25, -0.2) is 9.48 Å². The second kappa shape index (κ2) is 10.2. The second-order valence-corrected chi connectivity index (χ2v) is 6.87. The number of hydrogen-bond donors (Lipinski definition) is 1. The molecule has 1 saturated heterocycles. The van der Waals surface area contributed by atoms with Gasteiger partial charge >= 0.3 is 5.97 Å². The average molecular weight is 401 g/mol. The maximum Gasteiger partial charge on any atom is 0.358 e. The third-order valence-electron chi connectivity index (χ3n) is 4.63. The summed E-state index contributed by atoms with van der Waals surface area (Å²) in [5.41, 5.74) is 1.56. The van der Waals surface area contributed by atoms with Crippen LogP contribution in [0.4, 0.5) is 5.69 Å². The number of esters is 1. The molecule has 1 aliphatic rings. The number of aromatic nitrogens is 2. The average Bonchev–Trinajstić information content (AvgIpc) is 3.23. The summed E-state index contributed by atoms with van der Waals surface area (Å²) in [6.45, 7) is 4.93. The highest BCUT2D eigenvalue weighted by Gasteiger charge is 2.19. The fourth-order valence-electron chi connectivity index (χ4n) is 3.02. The van der Waals surface area contributed by atoms with Gasteiger partial charge in [0, 0.05) is 18.5 Å². The van der Waals surface area contributed by atoms with Crippen molar-refractivity contribution in [3.63, 3.8) is 0 Å². The van der Waals surface area contributed by atoms with Crippen molar-refractivity contribution in [1.82, 2.24) is 9.78 Å². The van der Waals surface area contributed by atoms with Gasteiger partial charge in [0.2, 0.25) is 0 Å². The quantitative estimate of drug-likeness (QED) is 0.684. The number of benzene rings is 1. The van der Waals surface area contributed by atoms with Crippen LogP contribution in [0.15, 0.2) is 36.5 Å². The van der Waals surface area contributed by atoms with Crippen LogP contribution in [0.25, 0.3) is 5.69 Å². The third kappa shape index (κ3) is 5.88. The van der Waals surface area contributed by atoms with E-state index in [1.165, 1.54) is 0 Å². The Bertz CT molecular complexity index is 829. The van der Waals surface area contributed by atoms with Crippen LogP contribution in [-0.2, 0) is 19.0 Å². The molecule has 0 radical (unpaired) electrons. The van der Waals surface area contributed by atoms with Gasteiger partial charge in [-0.3, -0.25) is 4.79 Å². The molecule has 2 unspecified atom stereocenters. The molecule has 1 amide bonds. The number of nitrogens with one attached hydrogen (secondary N) is 1. The van der Waals surface area contributed by atoms with Crippen molar-refractivity contribution < 1.29 is 23.8 Å². The molecule has 29 heavy (non-hydrogen) atoms. The number of anilines is 1. The van der Waals surface area contributed by atoms with E-state index < -0.39 is 12.1 Å². The van der Waals surface area contributed by atoms with Crippen LogP contribution >= 0.6 is 0 Å². The second-order valence-electron chi connectivity index (χ2n) is 6.87. The Morgan fingerprint density at radius 2 is 2.21 bits per heavy atom. The Labute approximate surface area is 170 Å². The largest absolute Gasteiger partial charge is 0.461 e. The van der Waals surface area contributed by atoms with Gasteiger partial charge in [0.1, 0.15) is 6.10 Å². The van der Waals surface area contributed by atoms with E-state index in [1.807, 2.05) is 6.07 Å². The number of ether oxygens (including phenoxy) is 3. The predicted molar refractivity (Wildman–Crippen MR) is 107 cm³/mol. The van der Waals surface area contributed by atoms with Gasteiger partial charge in [0.25, 0.3) is 5.91 Å². The van der Waals surface area contributed by atoms with Crippen molar-refractivity contribution in [2.75, 3.05) is 25.1 Å². The Morgan fingerprint density at radius 3 is 2.97 bits per heavy atom. The zero-order chi connectivity index (χ0) is 20.6. The third-order valence-corrected chi connectivity index (χ3v) is 4.63. The standard InChI is InChI=1S/C21H27N3O5/c1-3-27-21(26)19-10-11-24(23-19)17-8-6-7-16(13-17)22-20(25)15(2)29-14-18-9-4-5-12-28-18/h6-8,10-11,13,15,18H,3-5,9,12,14H2,1-2H3,(H,22,25). The van der Waals surface area contributed by atoms with Crippen molar-refractivity contribution >= 4 is 17.6 Å². The van der Waals surface area contributed by atoms with Gasteiger partial charge in [-0.1, -0.05) is 6.07 Å². The molecule has 1 aromatic carbocycles. The van der Waals surface area contributed by atoms with Crippen LogP contribution in [0, 0.1) is 0 Å². The molecule has 1 N–H and O–H groups in total. The zero-order valence-corrected chi connectivity index (χ0v) is 16.8. The monoisotopic (exact) mass is 401 g/mol. The van der Waals surface area contributed by atoms with E-state index in [-0.39, 0.29) is 17.7 Å². The van der Waals surface area contributed by atoms with Gasteiger partial charge in [-0.15, -0.1) is 0 Å². The topological polar surface area (TPSA) is 91.7 Å². The summed E-state index contributed by atoms with van der Waals surface area (Å²) in [7, 11) is 0. The summed E-state index contributed by atoms with van der Waals surface area (Å²) < 4.78 is 17.8. The molecule has 0 aliphatic carbocycles. The lowest BCUT2D eigenvalue weighted by molar-refractivity contribution is -0.130. The van der Waals surface area contributed by atoms with Crippen molar-refractivity contribution in [3.8, 4) is 5.69 Å². The first-order valence-electron chi connectivity index (χ1n) is 9.94. The maximum atomic E-state index is 12.4. The van der Waals surface area contributed by atoms with E-state index in [4.69, 9.17) is 14.2 Å². The minimum Gasteiger partial charge on any atom is -0.461 e. The normalized spacial score (nSPS) is 17.5. The van der Waals surface area contributed by atoms with Crippen LogP contribution in [-0.4, -0.2) is 53.7 Å². The summed E-state index contributed by atoms with van der Waals surface area (Å²) in [4.78, 5) is 24.2. The highest BCUT2D eigenvalue weighted by Crippen LogP contribution is 2.17. The SMILES string of the molecule is CCOC(=O)c1ccn(-c2cccc(NC(=O)C(C)OCC3CCCCO3)c2)n1. The summed E-state index contributed by atoms with van der Waals surface area (Å²) in [6.07, 6.45) is 4.32. The van der Waals surface area contributed by atoms with Crippen molar-refractivity contribution in [1.29, 1.82) is 0 Å². The van der Waals surface area contributed by atoms with E-state index in [0.717, 1.165) is 25.9 Å². The molecule has 0 bridgehead atoms. The first-order valence-corrected chi connectivity index (χ1v) is 9.94. The Kier molecular flexibility index (Phi) is 7.37. The van der Waals surface area contributed by atoms with Crippen LogP contribution in [0.2, 0.25) is 0 Å². The molecular weight excluding hydrogens is 374 g/mol. The van der Waals surface area contributed by atoms with E-state index in [0.29, 0.717) is 24.6 Å². The molecule has 1 aliphatic heterocycles. The fourth-order valence-corrected chi connectivity index (χ4v) is 3.02. The molecule has 0 saturated carbocycles. The summed E-state index contributed by atoms with van der Waals surface area (Å²) in [5.74, 6) is -0.700. The number of hydrogen-bond acceptors (Lipinski definition) is 6. The van der Waals surface area contributed by atoms with Gasteiger partial charge in [0.15, 0.2) is 5.69 Å². The number of amides is 1. The maximum absolute atomic E-state index is 12.4. The zero-order valence-electron chi connectivity index (χ0n) is 16.8. The Balaban J connectivity index is 1.57. The predicted octanol–water partition coefficient (Wildman–Crippen LogP) is 2.96. The lowest BCUT2D eigenvalue weighted by atomic mass is 10.1. The highest BCUT2D eigenvalue weighted by atomic mass is 16.5. The van der Waals surface area contributed by atoms with Crippen molar-refractivity contribution in [3.05, 3.63) is 42.2 Å². The lowest BCUT2D eigenvalue weighted by Gasteiger charge is -2.23. The molecule has 8 heteroatoms. The fraction of sp³-hybridized carbons (Fsp3) is 0.476. The van der Waals surface area contributed by atoms with E-state index in [9.17, 15) is 9.59 Å². The molecule has 2 aromatic rings. The molecule has 1 aromatic heterocycles. The number of nitrogens with zero attached hydrogens (tertiary/aromatic N) is 2. The molecular formula is C21H27N3O5. The first kappa shape index (κ1) is 21.0.